The number of nitrogens with zero attached hydrogens (tertiary/aromatic N) is 4. The van der Waals surface area contributed by atoms with E-state index in [-0.39, 0.29) is 5.91 Å². The molecular weight excluding hydrogens is 358 g/mol. The van der Waals surface area contributed by atoms with Crippen LogP contribution in [0, 0.1) is 6.92 Å². The van der Waals surface area contributed by atoms with Crippen molar-refractivity contribution >= 4 is 34.1 Å². The lowest BCUT2D eigenvalue weighted by Crippen LogP contribution is -2.11. The molecule has 0 saturated heterocycles. The maximum absolute atomic E-state index is 12.4. The highest BCUT2D eigenvalue weighted by molar-refractivity contribution is 7.15. The summed E-state index contributed by atoms with van der Waals surface area (Å²) in [6, 6.07) is 7.00. The number of ether oxygens (including phenoxy) is 1. The molecule has 0 atom stereocenters. The molecule has 2 aromatic heterocycles. The van der Waals surface area contributed by atoms with Crippen LogP contribution >= 0.6 is 23.1 Å². The molecule has 25 heavy (non-hydrogen) atoms. The highest BCUT2D eigenvalue weighted by Crippen LogP contribution is 2.20. The molecule has 0 aliphatic heterocycles. The smallest absolute Gasteiger partial charge is 0.257 e. The summed E-state index contributed by atoms with van der Waals surface area (Å²) in [4.78, 5) is 12.4. The van der Waals surface area contributed by atoms with Crippen LogP contribution in [0.1, 0.15) is 40.1 Å². The molecule has 130 valence electrons. The molecule has 0 radical (unpaired) electrons. The Morgan fingerprint density at radius 2 is 2.16 bits per heavy atom. The summed E-state index contributed by atoms with van der Waals surface area (Å²) in [5, 5.41) is 12.2. The van der Waals surface area contributed by atoms with Crippen molar-refractivity contribution in [1.82, 2.24) is 18.9 Å². The molecule has 1 N–H and O–H groups in total. The number of anilines is 1. The average molecular weight is 375 g/mol. The van der Waals surface area contributed by atoms with Crippen molar-refractivity contribution in [2.24, 2.45) is 0 Å². The van der Waals surface area contributed by atoms with Crippen molar-refractivity contribution < 1.29 is 9.53 Å². The van der Waals surface area contributed by atoms with Crippen molar-refractivity contribution in [1.29, 1.82) is 0 Å². The molecule has 3 rings (SSSR count). The van der Waals surface area contributed by atoms with Crippen LogP contribution < -0.4 is 10.1 Å². The van der Waals surface area contributed by atoms with Crippen molar-refractivity contribution in [2.75, 3.05) is 5.32 Å². The first kappa shape index (κ1) is 17.4. The van der Waals surface area contributed by atoms with Crippen LogP contribution in [0.25, 0.3) is 0 Å². The van der Waals surface area contributed by atoms with Crippen molar-refractivity contribution in [3.05, 3.63) is 46.2 Å². The van der Waals surface area contributed by atoms with E-state index in [1.54, 1.807) is 24.3 Å². The van der Waals surface area contributed by atoms with Crippen molar-refractivity contribution in [3.8, 4) is 5.75 Å². The third-order valence-corrected chi connectivity index (χ3v) is 4.93. The normalized spacial score (nSPS) is 10.6. The Bertz CT molecular complexity index is 862. The van der Waals surface area contributed by atoms with Gasteiger partial charge < -0.3 is 4.74 Å². The van der Waals surface area contributed by atoms with Crippen LogP contribution in [0.5, 0.6) is 5.75 Å². The standard InChI is InChI=1S/C16H17N5O2S2/c1-3-5-14-18-19-16(24-14)17-15(22)11-6-4-7-12(8-11)23-9-13-10(2)20-25-21-13/h4,6-8H,3,5,9H2,1-2H3,(H,17,19,22). The molecule has 0 spiro atoms. The van der Waals surface area contributed by atoms with Crippen LogP contribution in [0.3, 0.4) is 0 Å². The second-order valence-electron chi connectivity index (χ2n) is 5.32. The number of nitrogens with one attached hydrogen (secondary N) is 1. The van der Waals surface area contributed by atoms with E-state index in [0.717, 1.165) is 41.0 Å². The van der Waals surface area contributed by atoms with E-state index in [1.807, 2.05) is 6.92 Å². The fourth-order valence-electron chi connectivity index (χ4n) is 2.05. The first-order chi connectivity index (χ1) is 12.2. The number of hydrogen-bond donors (Lipinski definition) is 1. The minimum atomic E-state index is -0.240. The zero-order chi connectivity index (χ0) is 17.6. The van der Waals surface area contributed by atoms with Crippen LogP contribution in [0.4, 0.5) is 5.13 Å². The Hall–Kier alpha value is -2.39. The molecule has 2 heterocycles. The van der Waals surface area contributed by atoms with Gasteiger partial charge in [-0.05, 0) is 31.5 Å². The minimum Gasteiger partial charge on any atom is -0.487 e. The fraction of sp³-hybridized carbons (Fsp3) is 0.312. The third-order valence-electron chi connectivity index (χ3n) is 3.37. The lowest BCUT2D eigenvalue weighted by atomic mass is 10.2. The number of hydrogen-bond acceptors (Lipinski definition) is 8. The summed E-state index contributed by atoms with van der Waals surface area (Å²) in [5.41, 5.74) is 2.16. The zero-order valence-corrected chi connectivity index (χ0v) is 15.5. The number of benzene rings is 1. The third kappa shape index (κ3) is 4.58. The van der Waals surface area contributed by atoms with Gasteiger partial charge >= 0.3 is 0 Å². The highest BCUT2D eigenvalue weighted by Gasteiger charge is 2.11. The van der Waals surface area contributed by atoms with Crippen LogP contribution in [0.2, 0.25) is 0 Å². The van der Waals surface area contributed by atoms with Gasteiger partial charge in [0.1, 0.15) is 23.1 Å². The molecule has 9 heteroatoms. The molecular formula is C16H17N5O2S2. The van der Waals surface area contributed by atoms with Crippen LogP contribution in [0.15, 0.2) is 24.3 Å². The minimum absolute atomic E-state index is 0.240. The molecule has 7 nitrogen and oxygen atoms in total. The number of rotatable bonds is 7. The Kier molecular flexibility index (Phi) is 5.67. The predicted molar refractivity (Wildman–Crippen MR) is 97.3 cm³/mol. The van der Waals surface area contributed by atoms with Gasteiger partial charge in [0.25, 0.3) is 5.91 Å². The van der Waals surface area contributed by atoms with E-state index in [4.69, 9.17) is 4.74 Å². The van der Waals surface area contributed by atoms with Crippen molar-refractivity contribution in [3.63, 3.8) is 0 Å². The van der Waals surface area contributed by atoms with Gasteiger partial charge in [0.15, 0.2) is 0 Å². The maximum atomic E-state index is 12.4. The van der Waals surface area contributed by atoms with Crippen molar-refractivity contribution in [2.45, 2.75) is 33.3 Å². The largest absolute Gasteiger partial charge is 0.487 e. The van der Waals surface area contributed by atoms with E-state index >= 15 is 0 Å². The van der Waals surface area contributed by atoms with Crippen LogP contribution in [-0.2, 0) is 13.0 Å². The molecule has 0 bridgehead atoms. The summed E-state index contributed by atoms with van der Waals surface area (Å²) in [7, 11) is 0. The van der Waals surface area contributed by atoms with Gasteiger partial charge in [-0.1, -0.05) is 24.3 Å². The zero-order valence-electron chi connectivity index (χ0n) is 13.9. The summed E-state index contributed by atoms with van der Waals surface area (Å²) < 4.78 is 14.0. The summed E-state index contributed by atoms with van der Waals surface area (Å²) in [6.07, 6.45) is 1.86. The Labute approximate surface area is 153 Å². The number of amides is 1. The predicted octanol–water partition coefficient (Wildman–Crippen LogP) is 3.48. The number of carbonyl (C=O) groups excluding carboxylic acids is 1. The number of aromatic nitrogens is 4. The molecule has 0 aliphatic rings. The molecule has 1 amide bonds. The van der Waals surface area contributed by atoms with E-state index in [2.05, 4.69) is 31.2 Å². The van der Waals surface area contributed by atoms with Gasteiger partial charge in [0, 0.05) is 12.0 Å². The average Bonchev–Trinajstić information content (AvgIpc) is 3.22. The fourth-order valence-corrected chi connectivity index (χ4v) is 3.44. The monoisotopic (exact) mass is 375 g/mol. The second-order valence-corrected chi connectivity index (χ2v) is 6.91. The van der Waals surface area contributed by atoms with Gasteiger partial charge in [-0.25, -0.2) is 0 Å². The molecule has 3 aromatic rings. The van der Waals surface area contributed by atoms with Crippen LogP contribution in [-0.4, -0.2) is 24.9 Å². The Morgan fingerprint density at radius 1 is 1.28 bits per heavy atom. The topological polar surface area (TPSA) is 89.9 Å². The van der Waals surface area contributed by atoms with E-state index < -0.39 is 0 Å². The molecule has 1 aromatic carbocycles. The molecule has 0 aliphatic carbocycles. The van der Waals surface area contributed by atoms with E-state index in [1.165, 1.54) is 11.3 Å². The van der Waals surface area contributed by atoms with Gasteiger partial charge in [-0.2, -0.15) is 8.75 Å². The SMILES string of the molecule is CCCc1nnc(NC(=O)c2cccc(OCc3nsnc3C)c2)s1. The number of carbonyl (C=O) groups is 1. The first-order valence-electron chi connectivity index (χ1n) is 7.80. The molecule has 0 saturated carbocycles. The van der Waals surface area contributed by atoms with Gasteiger partial charge in [-0.15, -0.1) is 10.2 Å². The van der Waals surface area contributed by atoms with Gasteiger partial charge in [0.05, 0.1) is 17.4 Å². The highest BCUT2D eigenvalue weighted by atomic mass is 32.1. The number of aryl methyl sites for hydroxylation is 2. The van der Waals surface area contributed by atoms with Gasteiger partial charge in [0.2, 0.25) is 5.13 Å². The first-order valence-corrected chi connectivity index (χ1v) is 9.35. The Morgan fingerprint density at radius 3 is 2.92 bits per heavy atom. The molecule has 0 fully saturated rings. The second kappa shape index (κ2) is 8.13. The summed E-state index contributed by atoms with van der Waals surface area (Å²) in [5.74, 6) is 0.361. The van der Waals surface area contributed by atoms with E-state index in [9.17, 15) is 4.79 Å². The lowest BCUT2D eigenvalue weighted by Gasteiger charge is -2.07. The maximum Gasteiger partial charge on any atom is 0.257 e. The quantitative estimate of drug-likeness (QED) is 0.680. The van der Waals surface area contributed by atoms with Gasteiger partial charge in [-0.3, -0.25) is 10.1 Å². The Balaban J connectivity index is 1.63. The summed E-state index contributed by atoms with van der Waals surface area (Å²) >= 11 is 2.56. The lowest BCUT2D eigenvalue weighted by molar-refractivity contribution is 0.102. The molecule has 0 unspecified atom stereocenters. The van der Waals surface area contributed by atoms with E-state index in [0.29, 0.717) is 23.1 Å². The summed E-state index contributed by atoms with van der Waals surface area (Å²) in [6.45, 7) is 4.29.